The van der Waals surface area contributed by atoms with Crippen LogP contribution in [0.1, 0.15) is 18.4 Å². The van der Waals surface area contributed by atoms with Crippen LogP contribution in [0.4, 0.5) is 4.79 Å². The van der Waals surface area contributed by atoms with Gasteiger partial charge in [-0.2, -0.15) is 0 Å². The fraction of sp³-hybridized carbons (Fsp3) is 0.625. The van der Waals surface area contributed by atoms with Crippen LogP contribution >= 0.6 is 0 Å². The smallest absolute Gasteiger partial charge is 0.319 e. The van der Waals surface area contributed by atoms with Crippen molar-refractivity contribution in [2.75, 3.05) is 34.2 Å². The molecule has 1 fully saturated rings. The highest BCUT2D eigenvalue weighted by atomic mass is 16.2. The molecule has 122 valence electrons. The van der Waals surface area contributed by atoms with Gasteiger partial charge in [0.2, 0.25) is 0 Å². The number of amides is 2. The number of hydrogen-bond donors (Lipinski definition) is 0. The third kappa shape index (κ3) is 3.88. The van der Waals surface area contributed by atoms with Crippen molar-refractivity contribution in [2.24, 2.45) is 7.05 Å². The molecule has 22 heavy (non-hydrogen) atoms. The zero-order valence-electron chi connectivity index (χ0n) is 14.0. The molecular weight excluding hydrogens is 280 g/mol. The lowest BCUT2D eigenvalue weighted by Gasteiger charge is -2.37. The minimum Gasteiger partial charge on any atom is -0.331 e. The van der Waals surface area contributed by atoms with Crippen LogP contribution in [0, 0.1) is 0 Å². The molecule has 0 radical (unpaired) electrons. The number of carbonyl (C=O) groups excluding carboxylic acids is 1. The first-order valence-corrected chi connectivity index (χ1v) is 7.70. The van der Waals surface area contributed by atoms with Gasteiger partial charge in [0.15, 0.2) is 0 Å². The van der Waals surface area contributed by atoms with E-state index in [1.165, 1.54) is 0 Å². The standard InChI is InChI=1S/C16H26N4O2/c1-17(2)16(22)19(4)14-6-9-20(10-7-14)12-13-5-8-18(3)15(21)11-13/h5,8,11,14H,6-7,9-10,12H2,1-4H3. The Morgan fingerprint density at radius 2 is 1.91 bits per heavy atom. The molecule has 0 atom stereocenters. The van der Waals surface area contributed by atoms with E-state index in [4.69, 9.17) is 0 Å². The van der Waals surface area contributed by atoms with Crippen LogP contribution in [0.15, 0.2) is 23.1 Å². The van der Waals surface area contributed by atoms with Gasteiger partial charge in [0.25, 0.3) is 5.56 Å². The van der Waals surface area contributed by atoms with Crippen molar-refractivity contribution >= 4 is 6.03 Å². The maximum atomic E-state index is 12.0. The first-order valence-electron chi connectivity index (χ1n) is 7.70. The Bertz CT molecular complexity index is 574. The number of aromatic nitrogens is 1. The summed E-state index contributed by atoms with van der Waals surface area (Å²) in [5.41, 5.74) is 1.09. The molecule has 1 aromatic heterocycles. The minimum absolute atomic E-state index is 0.0312. The Morgan fingerprint density at radius 3 is 2.45 bits per heavy atom. The van der Waals surface area contributed by atoms with Gasteiger partial charge in [-0.1, -0.05) is 0 Å². The van der Waals surface area contributed by atoms with E-state index in [0.29, 0.717) is 6.04 Å². The first kappa shape index (κ1) is 16.5. The Morgan fingerprint density at radius 1 is 1.27 bits per heavy atom. The Hall–Kier alpha value is -1.82. The number of hydrogen-bond acceptors (Lipinski definition) is 3. The summed E-state index contributed by atoms with van der Waals surface area (Å²) < 4.78 is 1.58. The van der Waals surface area contributed by atoms with E-state index < -0.39 is 0 Å². The van der Waals surface area contributed by atoms with Gasteiger partial charge in [-0.15, -0.1) is 0 Å². The molecule has 2 heterocycles. The van der Waals surface area contributed by atoms with E-state index in [-0.39, 0.29) is 11.6 Å². The van der Waals surface area contributed by atoms with Crippen molar-refractivity contribution in [3.8, 4) is 0 Å². The van der Waals surface area contributed by atoms with E-state index in [2.05, 4.69) is 4.90 Å². The number of carbonyl (C=O) groups is 1. The van der Waals surface area contributed by atoms with E-state index in [1.807, 2.05) is 24.2 Å². The molecule has 6 nitrogen and oxygen atoms in total. The normalized spacial score (nSPS) is 16.5. The quantitative estimate of drug-likeness (QED) is 0.836. The van der Waals surface area contributed by atoms with Crippen LogP contribution in [0.2, 0.25) is 0 Å². The second-order valence-corrected chi connectivity index (χ2v) is 6.28. The molecule has 0 saturated carbocycles. The highest BCUT2D eigenvalue weighted by Crippen LogP contribution is 2.17. The fourth-order valence-electron chi connectivity index (χ4n) is 2.88. The number of piperidine rings is 1. The molecule has 1 aliphatic heterocycles. The van der Waals surface area contributed by atoms with Crippen molar-refractivity contribution < 1.29 is 4.79 Å². The number of urea groups is 1. The lowest BCUT2D eigenvalue weighted by atomic mass is 10.0. The zero-order valence-corrected chi connectivity index (χ0v) is 14.0. The molecule has 1 saturated heterocycles. The van der Waals surface area contributed by atoms with Crippen LogP contribution in [0.3, 0.4) is 0 Å². The van der Waals surface area contributed by atoms with Gasteiger partial charge in [-0.05, 0) is 24.5 Å². The molecule has 0 unspecified atom stereocenters. The largest absolute Gasteiger partial charge is 0.331 e. The van der Waals surface area contributed by atoms with Gasteiger partial charge in [-0.25, -0.2) is 4.79 Å². The Kier molecular flexibility index (Phi) is 5.24. The van der Waals surface area contributed by atoms with Crippen LogP contribution < -0.4 is 5.56 Å². The van der Waals surface area contributed by atoms with E-state index >= 15 is 0 Å². The van der Waals surface area contributed by atoms with Crippen LogP contribution in [0.25, 0.3) is 0 Å². The van der Waals surface area contributed by atoms with E-state index in [9.17, 15) is 9.59 Å². The highest BCUT2D eigenvalue weighted by Gasteiger charge is 2.26. The Labute approximate surface area is 131 Å². The Balaban J connectivity index is 1.88. The molecule has 0 spiro atoms. The minimum atomic E-state index is 0.0312. The first-order chi connectivity index (χ1) is 10.4. The van der Waals surface area contributed by atoms with Crippen LogP contribution in [0.5, 0.6) is 0 Å². The summed E-state index contributed by atoms with van der Waals surface area (Å²) in [6.07, 6.45) is 3.76. The molecule has 2 rings (SSSR count). The molecule has 2 amide bonds. The van der Waals surface area contributed by atoms with Gasteiger partial charge in [0.1, 0.15) is 0 Å². The maximum Gasteiger partial charge on any atom is 0.319 e. The second-order valence-electron chi connectivity index (χ2n) is 6.28. The monoisotopic (exact) mass is 306 g/mol. The molecule has 0 aromatic carbocycles. The van der Waals surface area contributed by atoms with Gasteiger partial charge in [-0.3, -0.25) is 9.69 Å². The van der Waals surface area contributed by atoms with Crippen molar-refractivity contribution in [3.05, 3.63) is 34.2 Å². The molecule has 6 heteroatoms. The summed E-state index contributed by atoms with van der Waals surface area (Å²) >= 11 is 0. The predicted molar refractivity (Wildman–Crippen MR) is 86.8 cm³/mol. The average molecular weight is 306 g/mol. The number of nitrogens with zero attached hydrogens (tertiary/aromatic N) is 4. The number of rotatable bonds is 3. The molecule has 0 aliphatic carbocycles. The summed E-state index contributed by atoms with van der Waals surface area (Å²) in [5, 5.41) is 0. The van der Waals surface area contributed by atoms with Crippen molar-refractivity contribution in [1.29, 1.82) is 0 Å². The highest BCUT2D eigenvalue weighted by molar-refractivity contribution is 5.73. The molecular formula is C16H26N4O2. The van der Waals surface area contributed by atoms with E-state index in [1.54, 1.807) is 36.7 Å². The SMILES string of the molecule is CN(C)C(=O)N(C)C1CCN(Cc2ccn(C)c(=O)c2)CC1. The predicted octanol–water partition coefficient (Wildman–Crippen LogP) is 0.963. The van der Waals surface area contributed by atoms with Crippen molar-refractivity contribution in [1.82, 2.24) is 19.3 Å². The van der Waals surface area contributed by atoms with Crippen molar-refractivity contribution in [2.45, 2.75) is 25.4 Å². The zero-order chi connectivity index (χ0) is 16.3. The van der Waals surface area contributed by atoms with Crippen molar-refractivity contribution in [3.63, 3.8) is 0 Å². The summed E-state index contributed by atoms with van der Waals surface area (Å²) in [7, 11) is 7.20. The number of aryl methyl sites for hydroxylation is 1. The molecule has 1 aliphatic rings. The number of pyridine rings is 1. The van der Waals surface area contributed by atoms with Gasteiger partial charge < -0.3 is 14.4 Å². The summed E-state index contributed by atoms with van der Waals surface area (Å²) in [4.78, 5) is 29.4. The maximum absolute atomic E-state index is 12.0. The average Bonchev–Trinajstić information content (AvgIpc) is 2.50. The summed E-state index contributed by atoms with van der Waals surface area (Å²) in [5.74, 6) is 0. The number of likely N-dealkylation sites (tertiary alicyclic amines) is 1. The van der Waals surface area contributed by atoms with Gasteiger partial charge >= 0.3 is 6.03 Å². The van der Waals surface area contributed by atoms with Gasteiger partial charge in [0.05, 0.1) is 0 Å². The van der Waals surface area contributed by atoms with Gasteiger partial charge in [0, 0.05) is 66.1 Å². The third-order valence-electron chi connectivity index (χ3n) is 4.36. The van der Waals surface area contributed by atoms with Crippen LogP contribution in [-0.4, -0.2) is 65.6 Å². The fourth-order valence-corrected chi connectivity index (χ4v) is 2.88. The summed E-state index contributed by atoms with van der Waals surface area (Å²) in [6.45, 7) is 2.70. The third-order valence-corrected chi connectivity index (χ3v) is 4.36. The van der Waals surface area contributed by atoms with Crippen LogP contribution in [-0.2, 0) is 13.6 Å². The molecule has 0 bridgehead atoms. The second kappa shape index (κ2) is 6.96. The van der Waals surface area contributed by atoms with E-state index in [0.717, 1.165) is 38.0 Å². The molecule has 1 aromatic rings. The lowest BCUT2D eigenvalue weighted by Crippen LogP contribution is -2.48. The summed E-state index contributed by atoms with van der Waals surface area (Å²) in [6, 6.07) is 4.06. The molecule has 0 N–H and O–H groups in total. The lowest BCUT2D eigenvalue weighted by molar-refractivity contribution is 0.118. The topological polar surface area (TPSA) is 48.8 Å².